The highest BCUT2D eigenvalue weighted by atomic mass is 32.2. The molecular weight excluding hydrogens is 560 g/mol. The molecule has 1 aliphatic carbocycles. The molecule has 9 nitrogen and oxygen atoms in total. The Bertz CT molecular complexity index is 1480. The standard InChI is InChI=1S/C30H36N4O5S2/c1-3-32(4-2)27-16-15-23(18-31-27)41(38,39)33-19-25(21-11-7-5-8-12-21)34(28(35)20-33)24-17-26(40-29(24)30(36)37)22-13-9-6-10-14-22/h6,9-10,13-18,21,25H,3-5,7-8,11-12,19-20H2,1-2H3,(H,36,37). The summed E-state index contributed by atoms with van der Waals surface area (Å²) >= 11 is 1.14. The maximum Gasteiger partial charge on any atom is 0.348 e. The normalized spacial score (nSPS) is 18.9. The van der Waals surface area contributed by atoms with Gasteiger partial charge in [0.15, 0.2) is 0 Å². The molecule has 1 unspecified atom stereocenters. The summed E-state index contributed by atoms with van der Waals surface area (Å²) < 4.78 is 28.9. The van der Waals surface area contributed by atoms with Crippen molar-refractivity contribution in [3.63, 3.8) is 0 Å². The second kappa shape index (κ2) is 12.3. The molecule has 0 bridgehead atoms. The number of thiophene rings is 1. The summed E-state index contributed by atoms with van der Waals surface area (Å²) in [7, 11) is -4.00. The number of rotatable bonds is 9. The number of pyridine rings is 1. The van der Waals surface area contributed by atoms with Crippen LogP contribution in [0.2, 0.25) is 0 Å². The van der Waals surface area contributed by atoms with Crippen molar-refractivity contribution in [3.8, 4) is 10.4 Å². The number of hydrogen-bond donors (Lipinski definition) is 1. The van der Waals surface area contributed by atoms with Crippen molar-refractivity contribution in [2.45, 2.75) is 56.9 Å². The first kappa shape index (κ1) is 29.2. The second-order valence-electron chi connectivity index (χ2n) is 10.5. The molecule has 0 spiro atoms. The average Bonchev–Trinajstić information content (AvgIpc) is 3.44. The lowest BCUT2D eigenvalue weighted by molar-refractivity contribution is -0.121. The number of piperazine rings is 1. The molecule has 1 aliphatic heterocycles. The van der Waals surface area contributed by atoms with E-state index in [-0.39, 0.29) is 28.8 Å². The number of sulfonamides is 1. The van der Waals surface area contributed by atoms with Crippen LogP contribution in [0.5, 0.6) is 0 Å². The van der Waals surface area contributed by atoms with Crippen LogP contribution in [-0.4, -0.2) is 66.9 Å². The summed E-state index contributed by atoms with van der Waals surface area (Å²) in [5.74, 6) is -0.752. The van der Waals surface area contributed by atoms with Crippen molar-refractivity contribution >= 4 is 44.7 Å². The summed E-state index contributed by atoms with van der Waals surface area (Å²) in [6.45, 7) is 5.27. The predicted octanol–water partition coefficient (Wildman–Crippen LogP) is 5.34. The van der Waals surface area contributed by atoms with E-state index in [1.807, 2.05) is 49.1 Å². The fourth-order valence-corrected chi connectivity index (χ4v) is 8.36. The van der Waals surface area contributed by atoms with Gasteiger partial charge in [-0.1, -0.05) is 49.6 Å². The molecule has 1 N–H and O–H groups in total. The minimum absolute atomic E-state index is 0.0465. The van der Waals surface area contributed by atoms with Crippen molar-refractivity contribution in [2.24, 2.45) is 5.92 Å². The van der Waals surface area contributed by atoms with E-state index in [0.29, 0.717) is 11.5 Å². The van der Waals surface area contributed by atoms with Gasteiger partial charge >= 0.3 is 5.97 Å². The van der Waals surface area contributed by atoms with E-state index in [9.17, 15) is 23.1 Å². The summed E-state index contributed by atoms with van der Waals surface area (Å²) in [6, 6.07) is 14.0. The van der Waals surface area contributed by atoms with Crippen LogP contribution in [0.1, 0.15) is 55.6 Å². The highest BCUT2D eigenvalue weighted by Gasteiger charge is 2.44. The van der Waals surface area contributed by atoms with Crippen LogP contribution in [0.25, 0.3) is 10.4 Å². The SMILES string of the molecule is CCN(CC)c1ccc(S(=O)(=O)N2CC(=O)N(c3cc(-c4ccccc4)sc3C(=O)O)C(C3CCCCC3)C2)cn1. The summed E-state index contributed by atoms with van der Waals surface area (Å²) in [5, 5.41) is 10.1. The van der Waals surface area contributed by atoms with Crippen LogP contribution in [-0.2, 0) is 14.8 Å². The fourth-order valence-electron chi connectivity index (χ4n) is 6.01. The van der Waals surface area contributed by atoms with Crippen LogP contribution in [0, 0.1) is 5.92 Å². The zero-order valence-electron chi connectivity index (χ0n) is 23.4. The number of benzene rings is 1. The first-order chi connectivity index (χ1) is 19.7. The number of nitrogens with zero attached hydrogens (tertiary/aromatic N) is 4. The first-order valence-electron chi connectivity index (χ1n) is 14.2. The summed E-state index contributed by atoms with van der Waals surface area (Å²) in [4.78, 5) is 35.2. The van der Waals surface area contributed by atoms with E-state index in [4.69, 9.17) is 0 Å². The third kappa shape index (κ3) is 5.89. The first-order valence-corrected chi connectivity index (χ1v) is 16.5. The molecule has 2 aliphatic rings. The van der Waals surface area contributed by atoms with Crippen molar-refractivity contribution in [3.05, 3.63) is 59.6 Å². The highest BCUT2D eigenvalue weighted by Crippen LogP contribution is 2.42. The summed E-state index contributed by atoms with van der Waals surface area (Å²) in [5.41, 5.74) is 1.22. The molecule has 1 saturated heterocycles. The molecule has 2 aromatic heterocycles. The lowest BCUT2D eigenvalue weighted by Gasteiger charge is -2.44. The molecule has 1 aromatic carbocycles. The molecule has 1 saturated carbocycles. The molecule has 11 heteroatoms. The number of carbonyl (C=O) groups excluding carboxylic acids is 1. The van der Waals surface area contributed by atoms with E-state index in [2.05, 4.69) is 4.98 Å². The van der Waals surface area contributed by atoms with Gasteiger partial charge in [0.1, 0.15) is 15.6 Å². The molecule has 3 heterocycles. The molecule has 2 fully saturated rings. The lowest BCUT2D eigenvalue weighted by Crippen LogP contribution is -2.60. The van der Waals surface area contributed by atoms with Crippen LogP contribution in [0.15, 0.2) is 59.6 Å². The molecule has 218 valence electrons. The van der Waals surface area contributed by atoms with Gasteiger partial charge in [0.2, 0.25) is 15.9 Å². The topological polar surface area (TPSA) is 111 Å². The quantitative estimate of drug-likeness (QED) is 0.355. The third-order valence-corrected chi connectivity index (χ3v) is 11.1. The smallest absolute Gasteiger partial charge is 0.348 e. The number of aromatic carboxylic acids is 1. The largest absolute Gasteiger partial charge is 0.477 e. The molecule has 5 rings (SSSR count). The van der Waals surface area contributed by atoms with E-state index in [0.717, 1.165) is 67.0 Å². The Balaban J connectivity index is 1.51. The van der Waals surface area contributed by atoms with E-state index < -0.39 is 27.9 Å². The monoisotopic (exact) mass is 596 g/mol. The maximum absolute atomic E-state index is 13.9. The zero-order valence-corrected chi connectivity index (χ0v) is 25.0. The van der Waals surface area contributed by atoms with E-state index in [1.165, 1.54) is 10.5 Å². The fraction of sp³-hybridized carbons (Fsp3) is 0.433. The average molecular weight is 597 g/mol. The zero-order chi connectivity index (χ0) is 29.1. The molecule has 0 radical (unpaired) electrons. The van der Waals surface area contributed by atoms with Crippen molar-refractivity contribution in [1.82, 2.24) is 9.29 Å². The molecule has 1 amide bonds. The van der Waals surface area contributed by atoms with Gasteiger partial charge < -0.3 is 14.9 Å². The van der Waals surface area contributed by atoms with Gasteiger partial charge in [-0.2, -0.15) is 4.31 Å². The molecule has 41 heavy (non-hydrogen) atoms. The van der Waals surface area contributed by atoms with Crippen LogP contribution < -0.4 is 9.80 Å². The molecule has 3 aromatic rings. The van der Waals surface area contributed by atoms with Gasteiger partial charge in [-0.25, -0.2) is 18.2 Å². The van der Waals surface area contributed by atoms with Gasteiger partial charge in [0, 0.05) is 30.7 Å². The predicted molar refractivity (Wildman–Crippen MR) is 161 cm³/mol. The Morgan fingerprint density at radius 1 is 1.07 bits per heavy atom. The van der Waals surface area contributed by atoms with Crippen molar-refractivity contribution < 1.29 is 23.1 Å². The molecular formula is C30H36N4O5S2. The Hall–Kier alpha value is -3.28. The minimum Gasteiger partial charge on any atom is -0.477 e. The Labute approximate surface area is 245 Å². The van der Waals surface area contributed by atoms with E-state index in [1.54, 1.807) is 23.1 Å². The second-order valence-corrected chi connectivity index (χ2v) is 13.5. The van der Waals surface area contributed by atoms with E-state index >= 15 is 0 Å². The number of carboxylic acid groups (broad SMARTS) is 1. The number of carboxylic acids is 1. The van der Waals surface area contributed by atoms with Gasteiger partial charge in [-0.15, -0.1) is 11.3 Å². The van der Waals surface area contributed by atoms with Gasteiger partial charge in [0.05, 0.1) is 18.3 Å². The van der Waals surface area contributed by atoms with Crippen LogP contribution in [0.3, 0.4) is 0 Å². The van der Waals surface area contributed by atoms with Crippen molar-refractivity contribution in [2.75, 3.05) is 36.0 Å². The van der Waals surface area contributed by atoms with Crippen LogP contribution in [0.4, 0.5) is 11.5 Å². The van der Waals surface area contributed by atoms with Crippen molar-refractivity contribution in [1.29, 1.82) is 0 Å². The third-order valence-electron chi connectivity index (χ3n) is 8.17. The number of carbonyl (C=O) groups is 2. The Morgan fingerprint density at radius 3 is 2.39 bits per heavy atom. The van der Waals surface area contributed by atoms with Gasteiger partial charge in [-0.05, 0) is 56.4 Å². The number of anilines is 2. The number of hydrogen-bond acceptors (Lipinski definition) is 7. The maximum atomic E-state index is 13.9. The number of aromatic nitrogens is 1. The lowest BCUT2D eigenvalue weighted by atomic mass is 9.82. The highest BCUT2D eigenvalue weighted by molar-refractivity contribution is 7.89. The minimum atomic E-state index is -4.00. The Kier molecular flexibility index (Phi) is 8.77. The molecule has 1 atom stereocenters. The van der Waals surface area contributed by atoms with Gasteiger partial charge in [0.25, 0.3) is 0 Å². The van der Waals surface area contributed by atoms with Gasteiger partial charge in [-0.3, -0.25) is 4.79 Å². The number of amides is 1. The van der Waals surface area contributed by atoms with Crippen LogP contribution >= 0.6 is 11.3 Å². The summed E-state index contributed by atoms with van der Waals surface area (Å²) in [6.07, 6.45) is 6.18. The Morgan fingerprint density at radius 2 is 1.78 bits per heavy atom.